The maximum atomic E-state index is 12.2. The Balaban J connectivity index is 2.00. The molecule has 2 unspecified atom stereocenters. The summed E-state index contributed by atoms with van der Waals surface area (Å²) < 4.78 is 0.977. The fraction of sp³-hybridized carbons (Fsp3) is 0.429. The Hall–Kier alpha value is -1.56. The Morgan fingerprint density at radius 3 is 2.65 bits per heavy atom. The van der Waals surface area contributed by atoms with Gasteiger partial charge < -0.3 is 15.3 Å². The van der Waals surface area contributed by atoms with Crippen LogP contribution >= 0.6 is 15.9 Å². The first-order valence-corrected chi connectivity index (χ1v) is 7.33. The lowest BCUT2D eigenvalue weighted by atomic mass is 10.1. The molecule has 20 heavy (non-hydrogen) atoms. The lowest BCUT2D eigenvalue weighted by Crippen LogP contribution is -2.46. The van der Waals surface area contributed by atoms with Crippen LogP contribution in [0.4, 0.5) is 4.79 Å². The van der Waals surface area contributed by atoms with Crippen molar-refractivity contribution in [3.8, 4) is 0 Å². The van der Waals surface area contributed by atoms with Gasteiger partial charge in [-0.05, 0) is 37.5 Å². The number of halogens is 1. The van der Waals surface area contributed by atoms with Crippen LogP contribution in [-0.4, -0.2) is 34.6 Å². The number of carboxylic acids is 1. The zero-order valence-electron chi connectivity index (χ0n) is 11.2. The lowest BCUT2D eigenvalue weighted by Gasteiger charge is -2.24. The normalized spacial score (nSPS) is 19.7. The van der Waals surface area contributed by atoms with Crippen molar-refractivity contribution in [2.45, 2.75) is 31.8 Å². The highest BCUT2D eigenvalue weighted by molar-refractivity contribution is 9.10. The van der Waals surface area contributed by atoms with Crippen molar-refractivity contribution in [3.05, 3.63) is 34.3 Å². The summed E-state index contributed by atoms with van der Waals surface area (Å²) in [5, 5.41) is 11.9. The summed E-state index contributed by atoms with van der Waals surface area (Å²) in [4.78, 5) is 24.6. The number of hydrogen-bond acceptors (Lipinski definition) is 2. The summed E-state index contributed by atoms with van der Waals surface area (Å²) in [5.74, 6) is -0.936. The summed E-state index contributed by atoms with van der Waals surface area (Å²) in [7, 11) is 0. The van der Waals surface area contributed by atoms with E-state index in [4.69, 9.17) is 5.11 Å². The van der Waals surface area contributed by atoms with Gasteiger partial charge in [0.1, 0.15) is 6.04 Å². The van der Waals surface area contributed by atoms with Gasteiger partial charge >= 0.3 is 12.0 Å². The Labute approximate surface area is 126 Å². The highest BCUT2D eigenvalue weighted by Crippen LogP contribution is 2.20. The number of nitrogens with one attached hydrogen (secondary N) is 1. The van der Waals surface area contributed by atoms with Crippen molar-refractivity contribution in [3.63, 3.8) is 0 Å². The average Bonchev–Trinajstić information content (AvgIpc) is 2.88. The topological polar surface area (TPSA) is 69.6 Å². The number of urea groups is 1. The van der Waals surface area contributed by atoms with Gasteiger partial charge in [0.05, 0.1) is 6.04 Å². The fourth-order valence-electron chi connectivity index (χ4n) is 2.37. The molecule has 0 aliphatic carbocycles. The first-order valence-electron chi connectivity index (χ1n) is 6.54. The molecule has 108 valence electrons. The van der Waals surface area contributed by atoms with Crippen molar-refractivity contribution >= 4 is 27.9 Å². The maximum Gasteiger partial charge on any atom is 0.326 e. The van der Waals surface area contributed by atoms with E-state index in [2.05, 4.69) is 21.2 Å². The number of nitrogens with zero attached hydrogens (tertiary/aromatic N) is 1. The molecule has 2 N–H and O–H groups in total. The first-order chi connectivity index (χ1) is 9.49. The van der Waals surface area contributed by atoms with Crippen LogP contribution in [-0.2, 0) is 4.79 Å². The number of likely N-dealkylation sites (tertiary alicyclic amines) is 1. The molecule has 0 aromatic heterocycles. The second kappa shape index (κ2) is 6.26. The van der Waals surface area contributed by atoms with Crippen LogP contribution in [0.25, 0.3) is 0 Å². The number of carbonyl (C=O) groups excluding carboxylic acids is 1. The highest BCUT2D eigenvalue weighted by atomic mass is 79.9. The Kier molecular flexibility index (Phi) is 4.65. The number of carboxylic acid groups (broad SMARTS) is 1. The number of hydrogen-bond donors (Lipinski definition) is 2. The maximum absolute atomic E-state index is 12.2. The molecule has 1 heterocycles. The summed E-state index contributed by atoms with van der Waals surface area (Å²) in [6.45, 7) is 2.38. The van der Waals surface area contributed by atoms with Crippen LogP contribution in [0.15, 0.2) is 28.7 Å². The van der Waals surface area contributed by atoms with Crippen molar-refractivity contribution in [2.24, 2.45) is 0 Å². The molecule has 1 fully saturated rings. The summed E-state index contributed by atoms with van der Waals surface area (Å²) >= 11 is 3.36. The third kappa shape index (κ3) is 3.30. The first kappa shape index (κ1) is 14.8. The van der Waals surface area contributed by atoms with Gasteiger partial charge in [-0.25, -0.2) is 9.59 Å². The molecule has 0 bridgehead atoms. The average molecular weight is 341 g/mol. The molecule has 2 rings (SSSR count). The minimum Gasteiger partial charge on any atom is -0.480 e. The smallest absolute Gasteiger partial charge is 0.326 e. The van der Waals surface area contributed by atoms with E-state index < -0.39 is 12.0 Å². The molecule has 2 amide bonds. The number of rotatable bonds is 3. The van der Waals surface area contributed by atoms with Gasteiger partial charge in [0.25, 0.3) is 0 Å². The van der Waals surface area contributed by atoms with Crippen LogP contribution in [0.1, 0.15) is 31.4 Å². The second-order valence-electron chi connectivity index (χ2n) is 4.91. The molecule has 1 aliphatic rings. The van der Waals surface area contributed by atoms with Crippen molar-refractivity contribution in [2.75, 3.05) is 6.54 Å². The van der Waals surface area contributed by atoms with E-state index in [9.17, 15) is 9.59 Å². The van der Waals surface area contributed by atoms with Crippen LogP contribution < -0.4 is 5.32 Å². The van der Waals surface area contributed by atoms with Gasteiger partial charge in [-0.2, -0.15) is 0 Å². The van der Waals surface area contributed by atoms with Gasteiger partial charge in [0.15, 0.2) is 0 Å². The molecule has 1 aromatic carbocycles. The van der Waals surface area contributed by atoms with E-state index in [1.54, 1.807) is 0 Å². The summed E-state index contributed by atoms with van der Waals surface area (Å²) in [5.41, 5.74) is 0.979. The molecular weight excluding hydrogens is 324 g/mol. The molecule has 0 saturated carbocycles. The van der Waals surface area contributed by atoms with Crippen LogP contribution in [0, 0.1) is 0 Å². The van der Waals surface area contributed by atoms with Crippen LogP contribution in [0.5, 0.6) is 0 Å². The number of aliphatic carboxylic acids is 1. The van der Waals surface area contributed by atoms with Crippen LogP contribution in [0.2, 0.25) is 0 Å². The standard InChI is InChI=1S/C14H17BrN2O3/c1-9(10-4-6-11(15)7-5-10)16-14(20)17-8-2-3-12(17)13(18)19/h4-7,9,12H,2-3,8H2,1H3,(H,16,20)(H,18,19). The van der Waals surface area contributed by atoms with Gasteiger partial charge in [0.2, 0.25) is 0 Å². The molecule has 1 aromatic rings. The summed E-state index contributed by atoms with van der Waals surface area (Å²) in [6.07, 6.45) is 1.26. The predicted molar refractivity (Wildman–Crippen MR) is 78.5 cm³/mol. The minimum atomic E-state index is -0.936. The number of carbonyl (C=O) groups is 2. The Morgan fingerprint density at radius 1 is 1.40 bits per heavy atom. The zero-order chi connectivity index (χ0) is 14.7. The third-order valence-corrected chi connectivity index (χ3v) is 4.04. The molecule has 6 heteroatoms. The quantitative estimate of drug-likeness (QED) is 0.888. The molecule has 1 aliphatic heterocycles. The van der Waals surface area contributed by atoms with Gasteiger partial charge in [0, 0.05) is 11.0 Å². The Bertz CT molecular complexity index is 504. The molecule has 0 spiro atoms. The lowest BCUT2D eigenvalue weighted by molar-refractivity contribution is -0.141. The molecular formula is C14H17BrN2O3. The van der Waals surface area contributed by atoms with E-state index >= 15 is 0 Å². The molecule has 2 atom stereocenters. The molecule has 0 radical (unpaired) electrons. The van der Waals surface area contributed by atoms with E-state index in [-0.39, 0.29) is 12.1 Å². The monoisotopic (exact) mass is 340 g/mol. The van der Waals surface area contributed by atoms with Crippen LogP contribution in [0.3, 0.4) is 0 Å². The largest absolute Gasteiger partial charge is 0.480 e. The highest BCUT2D eigenvalue weighted by Gasteiger charge is 2.34. The number of amides is 2. The van der Waals surface area contributed by atoms with E-state index in [1.807, 2.05) is 31.2 Å². The van der Waals surface area contributed by atoms with Crippen molar-refractivity contribution < 1.29 is 14.7 Å². The third-order valence-electron chi connectivity index (χ3n) is 3.51. The second-order valence-corrected chi connectivity index (χ2v) is 5.83. The van der Waals surface area contributed by atoms with Crippen molar-refractivity contribution in [1.29, 1.82) is 0 Å². The van der Waals surface area contributed by atoms with Gasteiger partial charge in [-0.1, -0.05) is 28.1 Å². The number of benzene rings is 1. The van der Waals surface area contributed by atoms with Crippen molar-refractivity contribution in [1.82, 2.24) is 10.2 Å². The zero-order valence-corrected chi connectivity index (χ0v) is 12.8. The van der Waals surface area contributed by atoms with E-state index in [1.165, 1.54) is 4.90 Å². The van der Waals surface area contributed by atoms with Gasteiger partial charge in [-0.15, -0.1) is 0 Å². The molecule has 5 nitrogen and oxygen atoms in total. The van der Waals surface area contributed by atoms with E-state index in [0.29, 0.717) is 13.0 Å². The minimum absolute atomic E-state index is 0.161. The molecule has 1 saturated heterocycles. The predicted octanol–water partition coefficient (Wildman–Crippen LogP) is 2.77. The van der Waals surface area contributed by atoms with Gasteiger partial charge in [-0.3, -0.25) is 0 Å². The van der Waals surface area contributed by atoms with E-state index in [0.717, 1.165) is 16.5 Å². The SMILES string of the molecule is CC(NC(=O)N1CCCC1C(=O)O)c1ccc(Br)cc1. The Morgan fingerprint density at radius 2 is 2.05 bits per heavy atom. The fourth-order valence-corrected chi connectivity index (χ4v) is 2.63. The summed E-state index contributed by atoms with van der Waals surface area (Å²) in [6, 6.07) is 6.49.